The highest BCUT2D eigenvalue weighted by molar-refractivity contribution is 6.01. The molecular weight excluding hydrogens is 236 g/mol. The first-order chi connectivity index (χ1) is 9.03. The van der Waals surface area contributed by atoms with Crippen LogP contribution in [0.3, 0.4) is 0 Å². The summed E-state index contributed by atoms with van der Waals surface area (Å²) in [5, 5.41) is 3.56. The summed E-state index contributed by atoms with van der Waals surface area (Å²) < 4.78 is 0. The molecule has 0 bridgehead atoms. The van der Waals surface area contributed by atoms with Crippen LogP contribution in [0.1, 0.15) is 32.3 Å². The van der Waals surface area contributed by atoms with Crippen LogP contribution in [0, 0.1) is 12.3 Å². The number of hydrogen-bond acceptors (Lipinski definition) is 2. The summed E-state index contributed by atoms with van der Waals surface area (Å²) in [6, 6.07) is 8.78. The van der Waals surface area contributed by atoms with Crippen molar-refractivity contribution in [2.45, 2.75) is 45.7 Å². The molecule has 1 aromatic carbocycles. The van der Waals surface area contributed by atoms with E-state index in [1.165, 1.54) is 5.56 Å². The van der Waals surface area contributed by atoms with Crippen LogP contribution in [0.4, 0.5) is 5.69 Å². The predicted octanol–water partition coefficient (Wildman–Crippen LogP) is 2.49. The summed E-state index contributed by atoms with van der Waals surface area (Å²) >= 11 is 0. The molecule has 0 aliphatic carbocycles. The molecule has 3 rings (SSSR count). The average Bonchev–Trinajstić information content (AvgIpc) is 2.60. The highest BCUT2D eigenvalue weighted by Crippen LogP contribution is 2.42. The number of rotatable bonds is 1. The van der Waals surface area contributed by atoms with Crippen LogP contribution in [0.25, 0.3) is 0 Å². The maximum Gasteiger partial charge on any atom is 0.234 e. The second kappa shape index (κ2) is 4.34. The second-order valence-corrected chi connectivity index (χ2v) is 6.32. The van der Waals surface area contributed by atoms with E-state index in [1.807, 2.05) is 17.0 Å². The van der Waals surface area contributed by atoms with Crippen LogP contribution in [-0.2, 0) is 4.79 Å². The molecule has 1 amide bonds. The van der Waals surface area contributed by atoms with Crippen LogP contribution in [-0.4, -0.2) is 24.5 Å². The number of fused-ring (bicyclic) bond motifs is 1. The lowest BCUT2D eigenvalue weighted by Crippen LogP contribution is -2.50. The van der Waals surface area contributed by atoms with Gasteiger partial charge in [0, 0.05) is 11.7 Å². The molecule has 19 heavy (non-hydrogen) atoms. The summed E-state index contributed by atoms with van der Waals surface area (Å²) in [5.74, 6) is 0.256. The van der Waals surface area contributed by atoms with Crippen molar-refractivity contribution in [2.24, 2.45) is 5.41 Å². The van der Waals surface area contributed by atoms with E-state index < -0.39 is 0 Å². The van der Waals surface area contributed by atoms with Crippen molar-refractivity contribution < 1.29 is 4.79 Å². The molecule has 2 unspecified atom stereocenters. The number of carbonyl (C=O) groups is 1. The fourth-order valence-corrected chi connectivity index (χ4v) is 3.60. The first kappa shape index (κ1) is 12.7. The molecule has 0 spiro atoms. The molecule has 0 aromatic heterocycles. The molecule has 0 saturated carbocycles. The summed E-state index contributed by atoms with van der Waals surface area (Å²) in [5.41, 5.74) is 1.95. The first-order valence-corrected chi connectivity index (χ1v) is 7.16. The molecular formula is C16H22N2O. The standard InChI is InChI=1S/C16H22N2O/c1-11-7-4-5-8-12(11)18-13-9-6-10-17-14(13)16(2,3)15(18)19/h4-5,7-8,13-14,17H,6,9-10H2,1-3H3. The van der Waals surface area contributed by atoms with Gasteiger partial charge in [0.05, 0.1) is 11.5 Å². The van der Waals surface area contributed by atoms with Crippen LogP contribution in [0.5, 0.6) is 0 Å². The molecule has 2 aliphatic rings. The molecule has 102 valence electrons. The average molecular weight is 258 g/mol. The van der Waals surface area contributed by atoms with Gasteiger partial charge in [-0.3, -0.25) is 4.79 Å². The van der Waals surface area contributed by atoms with Gasteiger partial charge in [-0.25, -0.2) is 0 Å². The maximum absolute atomic E-state index is 12.8. The number of hydrogen-bond donors (Lipinski definition) is 1. The van der Waals surface area contributed by atoms with Gasteiger partial charge in [-0.05, 0) is 51.8 Å². The topological polar surface area (TPSA) is 32.3 Å². The quantitative estimate of drug-likeness (QED) is 0.839. The SMILES string of the molecule is Cc1ccccc1N1C(=O)C(C)(C)C2NCCCC21. The van der Waals surface area contributed by atoms with E-state index in [1.54, 1.807) is 0 Å². The third kappa shape index (κ3) is 1.79. The lowest BCUT2D eigenvalue weighted by Gasteiger charge is -2.34. The largest absolute Gasteiger partial charge is 0.311 e. The van der Waals surface area contributed by atoms with Gasteiger partial charge < -0.3 is 10.2 Å². The molecule has 3 nitrogen and oxygen atoms in total. The Hall–Kier alpha value is -1.35. The molecule has 2 atom stereocenters. The first-order valence-electron chi connectivity index (χ1n) is 7.16. The Morgan fingerprint density at radius 2 is 2.05 bits per heavy atom. The number of nitrogens with one attached hydrogen (secondary N) is 1. The van der Waals surface area contributed by atoms with E-state index in [4.69, 9.17) is 0 Å². The minimum Gasteiger partial charge on any atom is -0.311 e. The molecule has 0 radical (unpaired) electrons. The Morgan fingerprint density at radius 1 is 1.32 bits per heavy atom. The summed E-state index contributed by atoms with van der Waals surface area (Å²) in [4.78, 5) is 14.9. The third-order valence-corrected chi connectivity index (χ3v) is 4.68. The maximum atomic E-state index is 12.8. The Morgan fingerprint density at radius 3 is 2.79 bits per heavy atom. The molecule has 2 saturated heterocycles. The molecule has 2 fully saturated rings. The van der Waals surface area contributed by atoms with E-state index in [9.17, 15) is 4.79 Å². The zero-order valence-corrected chi connectivity index (χ0v) is 11.9. The highest BCUT2D eigenvalue weighted by atomic mass is 16.2. The third-order valence-electron chi connectivity index (χ3n) is 4.68. The molecule has 2 aliphatic heterocycles. The number of anilines is 1. The van der Waals surface area contributed by atoms with Crippen LogP contribution in [0.15, 0.2) is 24.3 Å². The summed E-state index contributed by atoms with van der Waals surface area (Å²) in [6.45, 7) is 7.26. The van der Waals surface area contributed by atoms with Gasteiger partial charge in [0.2, 0.25) is 5.91 Å². The van der Waals surface area contributed by atoms with E-state index >= 15 is 0 Å². The number of piperidine rings is 1. The lowest BCUT2D eigenvalue weighted by molar-refractivity contribution is -0.124. The monoisotopic (exact) mass is 258 g/mol. The van der Waals surface area contributed by atoms with Gasteiger partial charge in [-0.15, -0.1) is 0 Å². The lowest BCUT2D eigenvalue weighted by atomic mass is 9.81. The van der Waals surface area contributed by atoms with Crippen molar-refractivity contribution in [3.63, 3.8) is 0 Å². The van der Waals surface area contributed by atoms with Gasteiger partial charge in [0.15, 0.2) is 0 Å². The van der Waals surface area contributed by atoms with Crippen molar-refractivity contribution in [2.75, 3.05) is 11.4 Å². The number of para-hydroxylation sites is 1. The Kier molecular flexibility index (Phi) is 2.90. The number of carbonyl (C=O) groups excluding carboxylic acids is 1. The normalized spacial score (nSPS) is 29.4. The van der Waals surface area contributed by atoms with Gasteiger partial charge >= 0.3 is 0 Å². The number of benzene rings is 1. The minimum absolute atomic E-state index is 0.256. The molecule has 1 N–H and O–H groups in total. The van der Waals surface area contributed by atoms with E-state index in [0.29, 0.717) is 6.04 Å². The molecule has 2 heterocycles. The van der Waals surface area contributed by atoms with Gasteiger partial charge in [0.25, 0.3) is 0 Å². The molecule has 3 heteroatoms. The van der Waals surface area contributed by atoms with Crippen LogP contribution in [0.2, 0.25) is 0 Å². The fourth-order valence-electron chi connectivity index (χ4n) is 3.60. The van der Waals surface area contributed by atoms with Crippen LogP contribution < -0.4 is 10.2 Å². The van der Waals surface area contributed by atoms with Crippen molar-refractivity contribution in [3.05, 3.63) is 29.8 Å². The fraction of sp³-hybridized carbons (Fsp3) is 0.562. The second-order valence-electron chi connectivity index (χ2n) is 6.32. The van der Waals surface area contributed by atoms with Gasteiger partial charge in [-0.1, -0.05) is 18.2 Å². The van der Waals surface area contributed by atoms with Crippen molar-refractivity contribution in [1.29, 1.82) is 0 Å². The van der Waals surface area contributed by atoms with E-state index in [2.05, 4.69) is 38.2 Å². The van der Waals surface area contributed by atoms with E-state index in [-0.39, 0.29) is 17.4 Å². The number of amides is 1. The summed E-state index contributed by atoms with van der Waals surface area (Å²) in [7, 11) is 0. The number of aryl methyl sites for hydroxylation is 1. The smallest absolute Gasteiger partial charge is 0.234 e. The van der Waals surface area contributed by atoms with Crippen molar-refractivity contribution in [3.8, 4) is 0 Å². The predicted molar refractivity (Wildman–Crippen MR) is 77.3 cm³/mol. The highest BCUT2D eigenvalue weighted by Gasteiger charge is 2.54. The van der Waals surface area contributed by atoms with Crippen molar-refractivity contribution >= 4 is 11.6 Å². The minimum atomic E-state index is -0.312. The Labute approximate surface area is 115 Å². The Bertz CT molecular complexity index is 509. The van der Waals surface area contributed by atoms with Crippen molar-refractivity contribution in [1.82, 2.24) is 5.32 Å². The summed E-state index contributed by atoms with van der Waals surface area (Å²) in [6.07, 6.45) is 2.24. The van der Waals surface area contributed by atoms with Gasteiger partial charge in [0.1, 0.15) is 0 Å². The zero-order chi connectivity index (χ0) is 13.6. The van der Waals surface area contributed by atoms with Crippen LogP contribution >= 0.6 is 0 Å². The van der Waals surface area contributed by atoms with Gasteiger partial charge in [-0.2, -0.15) is 0 Å². The number of nitrogens with zero attached hydrogens (tertiary/aromatic N) is 1. The van der Waals surface area contributed by atoms with E-state index in [0.717, 1.165) is 25.1 Å². The molecule has 1 aromatic rings. The zero-order valence-electron chi connectivity index (χ0n) is 11.9. The Balaban J connectivity index is 2.06.